The summed E-state index contributed by atoms with van der Waals surface area (Å²) in [7, 11) is 0. The van der Waals surface area contributed by atoms with Crippen LogP contribution < -0.4 is 16.6 Å². The fourth-order valence-electron chi connectivity index (χ4n) is 3.08. The monoisotopic (exact) mass is 428 g/mol. The molecular weight excluding hydrogens is 403 g/mol. The number of fused-ring (bicyclic) bond motifs is 1. The summed E-state index contributed by atoms with van der Waals surface area (Å²) >= 11 is 1.16. The van der Waals surface area contributed by atoms with Crippen LogP contribution in [0.4, 0.5) is 4.39 Å². The van der Waals surface area contributed by atoms with Gasteiger partial charge < -0.3 is 11.1 Å². The highest BCUT2D eigenvalue weighted by atomic mass is 32.2. The number of nitrogens with one attached hydrogen (secondary N) is 1. The summed E-state index contributed by atoms with van der Waals surface area (Å²) in [5.74, 6) is -0.467. The first-order valence-corrected chi connectivity index (χ1v) is 11.0. The van der Waals surface area contributed by atoms with E-state index in [2.05, 4.69) is 10.3 Å². The first kappa shape index (κ1) is 22.0. The van der Waals surface area contributed by atoms with E-state index in [1.807, 2.05) is 0 Å². The number of nitrogens with zero attached hydrogens (tertiary/aromatic N) is 2. The van der Waals surface area contributed by atoms with Gasteiger partial charge in [0.15, 0.2) is 5.16 Å². The second-order valence-corrected chi connectivity index (χ2v) is 7.82. The van der Waals surface area contributed by atoms with Crippen molar-refractivity contribution in [2.45, 2.75) is 30.8 Å². The van der Waals surface area contributed by atoms with E-state index in [0.717, 1.165) is 37.4 Å². The number of benzene rings is 2. The summed E-state index contributed by atoms with van der Waals surface area (Å²) < 4.78 is 15.1. The molecule has 1 aromatic heterocycles. The minimum atomic E-state index is -0.448. The van der Waals surface area contributed by atoms with Gasteiger partial charge in [-0.1, -0.05) is 42.8 Å². The fourth-order valence-corrected chi connectivity index (χ4v) is 3.93. The zero-order valence-corrected chi connectivity index (χ0v) is 17.5. The summed E-state index contributed by atoms with van der Waals surface area (Å²) in [6.07, 6.45) is 3.98. The molecule has 0 saturated carbocycles. The molecule has 0 unspecified atom stereocenters. The van der Waals surface area contributed by atoms with E-state index in [4.69, 9.17) is 5.73 Å². The predicted molar refractivity (Wildman–Crippen MR) is 119 cm³/mol. The van der Waals surface area contributed by atoms with Crippen LogP contribution in [0, 0.1) is 5.82 Å². The average molecular weight is 429 g/mol. The van der Waals surface area contributed by atoms with Crippen molar-refractivity contribution in [3.63, 3.8) is 0 Å². The van der Waals surface area contributed by atoms with E-state index >= 15 is 0 Å². The number of para-hydroxylation sites is 1. The maximum absolute atomic E-state index is 13.8. The van der Waals surface area contributed by atoms with E-state index in [0.29, 0.717) is 34.8 Å². The average Bonchev–Trinajstić information content (AvgIpc) is 2.75. The topological polar surface area (TPSA) is 90.0 Å². The molecule has 3 rings (SSSR count). The lowest BCUT2D eigenvalue weighted by atomic mass is 10.2. The second kappa shape index (κ2) is 10.9. The van der Waals surface area contributed by atoms with E-state index in [9.17, 15) is 14.0 Å². The van der Waals surface area contributed by atoms with Gasteiger partial charge in [-0.3, -0.25) is 14.2 Å². The normalized spacial score (nSPS) is 11.0. The van der Waals surface area contributed by atoms with E-state index in [1.54, 1.807) is 30.3 Å². The molecular formula is C22H25FN4O2S. The molecule has 0 atom stereocenters. The van der Waals surface area contributed by atoms with Crippen LogP contribution in [-0.4, -0.2) is 34.3 Å². The number of carbonyl (C=O) groups excluding carboxylic acids is 1. The van der Waals surface area contributed by atoms with Gasteiger partial charge in [0.2, 0.25) is 5.91 Å². The zero-order valence-electron chi connectivity index (χ0n) is 16.6. The van der Waals surface area contributed by atoms with Crippen molar-refractivity contribution in [2.75, 3.05) is 18.8 Å². The lowest BCUT2D eigenvalue weighted by molar-refractivity contribution is -0.118. The Morgan fingerprint density at radius 3 is 2.70 bits per heavy atom. The van der Waals surface area contributed by atoms with Gasteiger partial charge in [0.25, 0.3) is 5.56 Å². The number of thioether (sulfide) groups is 1. The van der Waals surface area contributed by atoms with Crippen molar-refractivity contribution < 1.29 is 9.18 Å². The molecule has 1 amide bonds. The third kappa shape index (κ3) is 5.67. The molecule has 0 bridgehead atoms. The summed E-state index contributed by atoms with van der Waals surface area (Å²) in [6.45, 7) is 1.29. The molecule has 8 heteroatoms. The molecule has 158 valence electrons. The Balaban J connectivity index is 1.77. The molecule has 0 aliphatic heterocycles. The number of rotatable bonds is 10. The molecule has 0 aliphatic rings. The number of nitrogens with two attached hydrogens (primary N) is 1. The highest BCUT2D eigenvalue weighted by Gasteiger charge is 2.15. The maximum atomic E-state index is 13.8. The van der Waals surface area contributed by atoms with E-state index in [-0.39, 0.29) is 17.2 Å². The highest BCUT2D eigenvalue weighted by molar-refractivity contribution is 7.99. The maximum Gasteiger partial charge on any atom is 0.266 e. The largest absolute Gasteiger partial charge is 0.355 e. The molecule has 3 aromatic rings. The number of halogens is 1. The van der Waals surface area contributed by atoms with Crippen molar-refractivity contribution >= 4 is 28.6 Å². The molecule has 0 radical (unpaired) electrons. The summed E-state index contributed by atoms with van der Waals surface area (Å²) in [5.41, 5.74) is 6.09. The number of amides is 1. The Hall–Kier alpha value is -2.71. The van der Waals surface area contributed by atoms with Gasteiger partial charge in [-0.2, -0.15) is 0 Å². The number of unbranched alkanes of at least 4 members (excludes halogenated alkanes) is 3. The number of hydrogen-bond acceptors (Lipinski definition) is 5. The second-order valence-electron chi connectivity index (χ2n) is 6.87. The Bertz CT molecular complexity index is 1070. The van der Waals surface area contributed by atoms with Gasteiger partial charge in [-0.05, 0) is 49.7 Å². The quantitative estimate of drug-likeness (QED) is 0.294. The Labute approximate surface area is 178 Å². The van der Waals surface area contributed by atoms with Gasteiger partial charge in [-0.15, -0.1) is 0 Å². The molecule has 0 saturated heterocycles. The minimum Gasteiger partial charge on any atom is -0.355 e. The van der Waals surface area contributed by atoms with Crippen LogP contribution in [0.1, 0.15) is 25.7 Å². The first-order valence-electron chi connectivity index (χ1n) is 9.97. The lowest BCUT2D eigenvalue weighted by Gasteiger charge is -2.13. The van der Waals surface area contributed by atoms with Crippen molar-refractivity contribution in [3.05, 3.63) is 64.7 Å². The molecule has 6 nitrogen and oxygen atoms in total. The van der Waals surface area contributed by atoms with Gasteiger partial charge in [0, 0.05) is 6.54 Å². The van der Waals surface area contributed by atoms with Crippen LogP contribution in [0.5, 0.6) is 0 Å². The van der Waals surface area contributed by atoms with Gasteiger partial charge in [0.1, 0.15) is 5.82 Å². The molecule has 2 aromatic carbocycles. The van der Waals surface area contributed by atoms with E-state index < -0.39 is 5.82 Å². The summed E-state index contributed by atoms with van der Waals surface area (Å²) in [5, 5.41) is 3.67. The predicted octanol–water partition coefficient (Wildman–Crippen LogP) is 3.25. The number of aromatic nitrogens is 2. The lowest BCUT2D eigenvalue weighted by Crippen LogP contribution is -2.27. The number of carbonyl (C=O) groups is 1. The van der Waals surface area contributed by atoms with Crippen molar-refractivity contribution in [1.29, 1.82) is 0 Å². The third-order valence-electron chi connectivity index (χ3n) is 4.60. The zero-order chi connectivity index (χ0) is 21.3. The van der Waals surface area contributed by atoms with Crippen molar-refractivity contribution in [1.82, 2.24) is 14.9 Å². The fraction of sp³-hybridized carbons (Fsp3) is 0.318. The summed E-state index contributed by atoms with van der Waals surface area (Å²) in [4.78, 5) is 29.9. The Kier molecular flexibility index (Phi) is 7.98. The third-order valence-corrected chi connectivity index (χ3v) is 5.54. The molecule has 1 heterocycles. The number of hydrogen-bond donors (Lipinski definition) is 2. The Morgan fingerprint density at radius 1 is 1.10 bits per heavy atom. The van der Waals surface area contributed by atoms with Crippen molar-refractivity contribution in [3.8, 4) is 5.69 Å². The molecule has 0 fully saturated rings. The Morgan fingerprint density at radius 2 is 1.90 bits per heavy atom. The molecule has 0 aliphatic carbocycles. The van der Waals surface area contributed by atoms with Gasteiger partial charge in [-0.25, -0.2) is 9.37 Å². The van der Waals surface area contributed by atoms with E-state index in [1.165, 1.54) is 22.8 Å². The van der Waals surface area contributed by atoms with Gasteiger partial charge >= 0.3 is 0 Å². The van der Waals surface area contributed by atoms with Gasteiger partial charge in [0.05, 0.1) is 22.3 Å². The van der Waals surface area contributed by atoms with Crippen LogP contribution in [0.25, 0.3) is 16.6 Å². The smallest absolute Gasteiger partial charge is 0.266 e. The molecule has 30 heavy (non-hydrogen) atoms. The van der Waals surface area contributed by atoms with Crippen LogP contribution in [0.2, 0.25) is 0 Å². The van der Waals surface area contributed by atoms with Crippen LogP contribution in [-0.2, 0) is 4.79 Å². The highest BCUT2D eigenvalue weighted by Crippen LogP contribution is 2.21. The standard InChI is InChI=1S/C22H25FN4O2S/c23-16-8-7-9-17(14-16)27-21(29)18-10-3-4-11-19(18)26-22(27)30-15-20(28)25-13-6-2-1-5-12-24/h3-4,7-11,14H,1-2,5-6,12-13,15,24H2,(H,25,28). The molecule has 0 spiro atoms. The van der Waals surface area contributed by atoms with Crippen LogP contribution >= 0.6 is 11.8 Å². The van der Waals surface area contributed by atoms with Crippen LogP contribution in [0.15, 0.2) is 58.5 Å². The first-order chi connectivity index (χ1) is 14.6. The SMILES string of the molecule is NCCCCCCNC(=O)CSc1nc2ccccc2c(=O)n1-c1cccc(F)c1. The summed E-state index contributed by atoms with van der Waals surface area (Å²) in [6, 6.07) is 12.8. The van der Waals surface area contributed by atoms with Crippen molar-refractivity contribution in [2.24, 2.45) is 5.73 Å². The van der Waals surface area contributed by atoms with Crippen LogP contribution in [0.3, 0.4) is 0 Å². The minimum absolute atomic E-state index is 0.114. The molecule has 3 N–H and O–H groups in total.